The molecule has 42 heavy (non-hydrogen) atoms. The van der Waals surface area contributed by atoms with E-state index in [9.17, 15) is 18.0 Å². The van der Waals surface area contributed by atoms with Crippen LogP contribution < -0.4 is 16.4 Å². The van der Waals surface area contributed by atoms with Crippen LogP contribution in [0.5, 0.6) is 0 Å². The van der Waals surface area contributed by atoms with Gasteiger partial charge in [-0.3, -0.25) is 15.2 Å². The molecule has 1 aromatic carbocycles. The number of hydrogen-bond donors (Lipinski definition) is 3. The van der Waals surface area contributed by atoms with Gasteiger partial charge in [-0.2, -0.15) is 18.3 Å². The van der Waals surface area contributed by atoms with Gasteiger partial charge in [-0.15, -0.1) is 0 Å². The van der Waals surface area contributed by atoms with E-state index in [-0.39, 0.29) is 11.7 Å². The highest BCUT2D eigenvalue weighted by Gasteiger charge is 2.46. The molecule has 2 amide bonds. The SMILES string of the molecule is NC1=NC=NN2C(CN3CCOCC3)=C(c3cnco3)C(c3ccc(NC(=O)Nc4cc(C(F)(F)F)ccn4)cc3)C12. The molecule has 0 bridgehead atoms. The van der Waals surface area contributed by atoms with Gasteiger partial charge in [0.25, 0.3) is 0 Å². The summed E-state index contributed by atoms with van der Waals surface area (Å²) in [5.74, 6) is 0.412. The number of pyridine rings is 1. The van der Waals surface area contributed by atoms with E-state index in [1.807, 2.05) is 17.1 Å². The Bertz CT molecular complexity index is 1530. The summed E-state index contributed by atoms with van der Waals surface area (Å²) in [6.45, 7) is 3.39. The lowest BCUT2D eigenvalue weighted by molar-refractivity contribution is -0.137. The van der Waals surface area contributed by atoms with Gasteiger partial charge in [-0.1, -0.05) is 12.1 Å². The minimum atomic E-state index is -4.56. The molecular weight excluding hydrogens is 555 g/mol. The molecule has 6 rings (SSSR count). The molecule has 5 heterocycles. The number of aliphatic imine (C=N–C) groups is 1. The molecule has 15 heteroatoms. The summed E-state index contributed by atoms with van der Waals surface area (Å²) in [5, 5.41) is 11.4. The third-order valence-corrected chi connectivity index (χ3v) is 7.19. The van der Waals surface area contributed by atoms with E-state index in [0.717, 1.165) is 48.3 Å². The van der Waals surface area contributed by atoms with Gasteiger partial charge < -0.3 is 20.2 Å². The number of amidine groups is 1. The predicted molar refractivity (Wildman–Crippen MR) is 147 cm³/mol. The van der Waals surface area contributed by atoms with Crippen LogP contribution in [0.2, 0.25) is 0 Å². The number of urea groups is 1. The Kier molecular flexibility index (Phi) is 7.34. The average Bonchev–Trinajstić information content (AvgIpc) is 3.61. The zero-order valence-corrected chi connectivity index (χ0v) is 22.1. The third-order valence-electron chi connectivity index (χ3n) is 7.19. The minimum Gasteiger partial charge on any atom is -0.444 e. The number of rotatable bonds is 6. The highest BCUT2D eigenvalue weighted by atomic mass is 19.4. The summed E-state index contributed by atoms with van der Waals surface area (Å²) in [7, 11) is 0. The largest absolute Gasteiger partial charge is 0.444 e. The number of ether oxygens (including phenoxy) is 1. The monoisotopic (exact) mass is 581 g/mol. The Balaban J connectivity index is 1.26. The second-order valence-electron chi connectivity index (χ2n) is 9.80. The Morgan fingerprint density at radius 2 is 1.90 bits per heavy atom. The molecule has 0 aliphatic carbocycles. The van der Waals surface area contributed by atoms with Gasteiger partial charge in [0.1, 0.15) is 24.0 Å². The van der Waals surface area contributed by atoms with Crippen molar-refractivity contribution in [2.75, 3.05) is 43.5 Å². The van der Waals surface area contributed by atoms with E-state index in [4.69, 9.17) is 14.9 Å². The van der Waals surface area contributed by atoms with Crippen LogP contribution in [0, 0.1) is 0 Å². The number of halogens is 3. The number of carbonyl (C=O) groups excluding carboxylic acids is 1. The number of anilines is 2. The van der Waals surface area contributed by atoms with Crippen LogP contribution in [-0.2, 0) is 10.9 Å². The lowest BCUT2D eigenvalue weighted by Crippen LogP contribution is -2.45. The fourth-order valence-corrected chi connectivity index (χ4v) is 5.28. The van der Waals surface area contributed by atoms with E-state index in [0.29, 0.717) is 37.0 Å². The van der Waals surface area contributed by atoms with Crippen molar-refractivity contribution >= 4 is 35.3 Å². The van der Waals surface area contributed by atoms with E-state index in [1.54, 1.807) is 18.3 Å². The number of oxazole rings is 1. The number of alkyl halides is 3. The minimum absolute atomic E-state index is 0.229. The normalized spacial score (nSPS) is 20.8. The fourth-order valence-electron chi connectivity index (χ4n) is 5.28. The smallest absolute Gasteiger partial charge is 0.416 e. The molecule has 0 spiro atoms. The quantitative estimate of drug-likeness (QED) is 0.401. The summed E-state index contributed by atoms with van der Waals surface area (Å²) >= 11 is 0. The predicted octanol–water partition coefficient (Wildman–Crippen LogP) is 3.56. The van der Waals surface area contributed by atoms with E-state index in [1.165, 1.54) is 12.7 Å². The first kappa shape index (κ1) is 27.4. The summed E-state index contributed by atoms with van der Waals surface area (Å²) in [4.78, 5) is 27.0. The number of morpholine rings is 1. The first-order valence-corrected chi connectivity index (χ1v) is 13.1. The Morgan fingerprint density at radius 1 is 1.12 bits per heavy atom. The number of benzene rings is 1. The van der Waals surface area contributed by atoms with Crippen LogP contribution in [0.25, 0.3) is 5.57 Å². The van der Waals surface area contributed by atoms with Crippen molar-refractivity contribution in [3.8, 4) is 0 Å². The number of amides is 2. The van der Waals surface area contributed by atoms with Crippen molar-refractivity contribution in [1.29, 1.82) is 0 Å². The lowest BCUT2D eigenvalue weighted by atomic mass is 9.85. The molecule has 1 saturated heterocycles. The summed E-state index contributed by atoms with van der Waals surface area (Å²) in [6, 6.07) is 7.48. The van der Waals surface area contributed by atoms with Gasteiger partial charge in [-0.05, 0) is 29.8 Å². The molecule has 2 aromatic heterocycles. The van der Waals surface area contributed by atoms with E-state index < -0.39 is 23.8 Å². The number of nitrogens with one attached hydrogen (secondary N) is 2. The van der Waals surface area contributed by atoms with Gasteiger partial charge in [0, 0.05) is 43.0 Å². The zero-order valence-electron chi connectivity index (χ0n) is 22.1. The number of nitrogens with two attached hydrogens (primary N) is 1. The van der Waals surface area contributed by atoms with Crippen LogP contribution in [0.15, 0.2) is 75.4 Å². The van der Waals surface area contributed by atoms with Crippen molar-refractivity contribution < 1.29 is 27.1 Å². The van der Waals surface area contributed by atoms with Crippen molar-refractivity contribution in [2.24, 2.45) is 15.8 Å². The highest BCUT2D eigenvalue weighted by molar-refractivity contribution is 6.00. The number of hydrogen-bond acceptors (Lipinski definition) is 10. The molecule has 218 valence electrons. The molecule has 3 aliphatic heterocycles. The van der Waals surface area contributed by atoms with Crippen LogP contribution >= 0.6 is 0 Å². The number of carbonyl (C=O) groups is 1. The van der Waals surface area contributed by atoms with Gasteiger partial charge in [0.15, 0.2) is 12.2 Å². The van der Waals surface area contributed by atoms with Gasteiger partial charge >= 0.3 is 12.2 Å². The first-order chi connectivity index (χ1) is 20.3. The summed E-state index contributed by atoms with van der Waals surface area (Å²) < 4.78 is 50.3. The molecule has 3 aliphatic rings. The third kappa shape index (κ3) is 5.56. The molecule has 2 atom stereocenters. The van der Waals surface area contributed by atoms with Gasteiger partial charge in [-0.25, -0.2) is 19.8 Å². The maximum atomic E-state index is 13.0. The van der Waals surface area contributed by atoms with Crippen molar-refractivity contribution in [1.82, 2.24) is 19.9 Å². The van der Waals surface area contributed by atoms with Gasteiger partial charge in [0.05, 0.1) is 30.7 Å². The number of aromatic nitrogens is 2. The molecule has 2 unspecified atom stereocenters. The summed E-state index contributed by atoms with van der Waals surface area (Å²) in [5.41, 5.74) is 8.57. The molecule has 0 radical (unpaired) electrons. The van der Waals surface area contributed by atoms with Crippen molar-refractivity contribution in [2.45, 2.75) is 18.1 Å². The molecule has 4 N–H and O–H groups in total. The van der Waals surface area contributed by atoms with Crippen LogP contribution in [0.4, 0.5) is 29.5 Å². The molecular formula is C27H26F3N9O3. The highest BCUT2D eigenvalue weighted by Crippen LogP contribution is 2.47. The zero-order chi connectivity index (χ0) is 29.3. The number of nitrogens with zero attached hydrogens (tertiary/aromatic N) is 6. The average molecular weight is 582 g/mol. The Labute approximate surface area is 237 Å². The molecule has 3 aromatic rings. The van der Waals surface area contributed by atoms with Crippen LogP contribution in [0.3, 0.4) is 0 Å². The number of fused-ring (bicyclic) bond motifs is 1. The lowest BCUT2D eigenvalue weighted by Gasteiger charge is -2.32. The van der Waals surface area contributed by atoms with Gasteiger partial charge in [0.2, 0.25) is 0 Å². The second-order valence-corrected chi connectivity index (χ2v) is 9.80. The fraction of sp³-hybridized carbons (Fsp3) is 0.296. The van der Waals surface area contributed by atoms with E-state index >= 15 is 0 Å². The summed E-state index contributed by atoms with van der Waals surface area (Å²) in [6.07, 6.45) is 0.875. The van der Waals surface area contributed by atoms with Crippen LogP contribution in [0.1, 0.15) is 22.8 Å². The van der Waals surface area contributed by atoms with Crippen LogP contribution in [-0.4, -0.2) is 77.0 Å². The first-order valence-electron chi connectivity index (χ1n) is 13.1. The second kappa shape index (κ2) is 11.3. The van der Waals surface area contributed by atoms with Crippen molar-refractivity contribution in [3.05, 3.63) is 77.8 Å². The topological polar surface area (TPSA) is 146 Å². The standard InChI is InChI=1S/C27H26F3N9O3/c28-27(29,30)17-5-6-33-21(11-17)37-26(40)36-18-3-1-16(2-4-18)22-23(20-12-32-15-42-20)19(13-38-7-9-41-10-8-38)39-24(22)25(31)34-14-35-39/h1-6,11-12,14-15,22,24H,7-10,13H2,(H2,31,34,35)(H2,33,36,37,40). The maximum absolute atomic E-state index is 13.0. The number of hydrazone groups is 1. The molecule has 12 nitrogen and oxygen atoms in total. The van der Waals surface area contributed by atoms with E-state index in [2.05, 4.69) is 35.6 Å². The molecule has 0 saturated carbocycles. The molecule has 1 fully saturated rings. The van der Waals surface area contributed by atoms with Crippen molar-refractivity contribution in [3.63, 3.8) is 0 Å². The maximum Gasteiger partial charge on any atom is 0.416 e. The Hall–Kier alpha value is -4.76. The Morgan fingerprint density at radius 3 is 2.62 bits per heavy atom.